The molecular weight excluding hydrogens is 188 g/mol. The Labute approximate surface area is 92.2 Å². The Morgan fingerprint density at radius 3 is 2.27 bits per heavy atom. The van der Waals surface area contributed by atoms with Crippen molar-refractivity contribution < 1.29 is 4.79 Å². The van der Waals surface area contributed by atoms with E-state index in [2.05, 4.69) is 10.2 Å². The fraction of sp³-hybridized carbons (Fsp3) is 0.917. The van der Waals surface area contributed by atoms with Crippen LogP contribution < -0.4 is 5.32 Å². The summed E-state index contributed by atoms with van der Waals surface area (Å²) in [6.45, 7) is 6.34. The highest BCUT2D eigenvalue weighted by atomic mass is 16.1. The van der Waals surface area contributed by atoms with Gasteiger partial charge in [-0.15, -0.1) is 0 Å². The van der Waals surface area contributed by atoms with Gasteiger partial charge in [0.25, 0.3) is 0 Å². The lowest BCUT2D eigenvalue weighted by Gasteiger charge is -2.38. The molecule has 0 aromatic carbocycles. The van der Waals surface area contributed by atoms with Gasteiger partial charge in [0.05, 0.1) is 0 Å². The zero-order chi connectivity index (χ0) is 10.7. The number of piperidine rings is 2. The van der Waals surface area contributed by atoms with Gasteiger partial charge in [0, 0.05) is 12.0 Å². The van der Waals surface area contributed by atoms with Crippen LogP contribution in [0.2, 0.25) is 0 Å². The number of Topliss-reactive ketones (excluding diaryl/α,β-unsaturated/α-hetero) is 1. The predicted molar refractivity (Wildman–Crippen MR) is 60.9 cm³/mol. The first-order valence-corrected chi connectivity index (χ1v) is 6.22. The van der Waals surface area contributed by atoms with Crippen LogP contribution in [0.1, 0.15) is 32.6 Å². The van der Waals surface area contributed by atoms with Gasteiger partial charge < -0.3 is 10.2 Å². The number of carbonyl (C=O) groups is 1. The minimum atomic E-state index is 0.350. The van der Waals surface area contributed by atoms with Gasteiger partial charge in [-0.05, 0) is 58.8 Å². The Hall–Kier alpha value is -0.410. The molecule has 3 nitrogen and oxygen atoms in total. The molecule has 0 radical (unpaired) electrons. The third-order valence-corrected chi connectivity index (χ3v) is 3.93. The van der Waals surface area contributed by atoms with Crippen LogP contribution in [0.4, 0.5) is 0 Å². The lowest BCUT2D eigenvalue weighted by Crippen LogP contribution is -2.47. The normalized spacial score (nSPS) is 26.7. The molecule has 2 aliphatic rings. The molecule has 0 saturated carbocycles. The number of nitrogens with zero attached hydrogens (tertiary/aromatic N) is 1. The largest absolute Gasteiger partial charge is 0.317 e. The third kappa shape index (κ3) is 2.79. The van der Waals surface area contributed by atoms with E-state index in [0.29, 0.717) is 11.7 Å². The van der Waals surface area contributed by atoms with Crippen LogP contribution in [0.5, 0.6) is 0 Å². The van der Waals surface area contributed by atoms with E-state index < -0.39 is 0 Å². The average Bonchev–Trinajstić information content (AvgIpc) is 2.30. The molecule has 15 heavy (non-hydrogen) atoms. The molecule has 0 aliphatic carbocycles. The summed E-state index contributed by atoms with van der Waals surface area (Å²) < 4.78 is 0. The van der Waals surface area contributed by atoms with Gasteiger partial charge in [-0.3, -0.25) is 4.79 Å². The maximum absolute atomic E-state index is 11.3. The molecule has 3 heteroatoms. The molecule has 0 aromatic rings. The van der Waals surface area contributed by atoms with E-state index in [4.69, 9.17) is 0 Å². The van der Waals surface area contributed by atoms with Crippen molar-refractivity contribution in [1.29, 1.82) is 0 Å². The molecule has 0 bridgehead atoms. The monoisotopic (exact) mass is 210 g/mol. The number of hydrogen-bond acceptors (Lipinski definition) is 3. The summed E-state index contributed by atoms with van der Waals surface area (Å²) in [6.07, 6.45) is 4.73. The molecule has 2 fully saturated rings. The molecule has 0 atom stereocenters. The van der Waals surface area contributed by atoms with Crippen molar-refractivity contribution in [3.05, 3.63) is 0 Å². The van der Waals surface area contributed by atoms with Crippen LogP contribution in [0.3, 0.4) is 0 Å². The van der Waals surface area contributed by atoms with E-state index in [0.717, 1.165) is 45.1 Å². The minimum Gasteiger partial charge on any atom is -0.317 e. The summed E-state index contributed by atoms with van der Waals surface area (Å²) >= 11 is 0. The summed E-state index contributed by atoms with van der Waals surface area (Å²) in [5.41, 5.74) is 0. The number of rotatable bonds is 2. The van der Waals surface area contributed by atoms with E-state index in [1.807, 2.05) is 0 Å². The highest BCUT2D eigenvalue weighted by Gasteiger charge is 2.27. The smallest absolute Gasteiger partial charge is 0.133 e. The molecule has 0 amide bonds. The molecule has 0 aromatic heterocycles. The van der Waals surface area contributed by atoms with E-state index in [1.54, 1.807) is 6.92 Å². The van der Waals surface area contributed by atoms with Gasteiger partial charge in [0.15, 0.2) is 0 Å². The first kappa shape index (κ1) is 11.1. The summed E-state index contributed by atoms with van der Waals surface area (Å²) in [5.74, 6) is 0.739. The van der Waals surface area contributed by atoms with Crippen LogP contribution in [0.25, 0.3) is 0 Å². The van der Waals surface area contributed by atoms with Crippen LogP contribution in [-0.4, -0.2) is 42.9 Å². The van der Waals surface area contributed by atoms with Gasteiger partial charge in [-0.1, -0.05) is 0 Å². The molecule has 0 unspecified atom stereocenters. The van der Waals surface area contributed by atoms with E-state index in [-0.39, 0.29) is 0 Å². The van der Waals surface area contributed by atoms with Gasteiger partial charge >= 0.3 is 0 Å². The van der Waals surface area contributed by atoms with Gasteiger partial charge in [0.1, 0.15) is 5.78 Å². The predicted octanol–water partition coefficient (Wildman–Crippen LogP) is 1.04. The molecule has 0 spiro atoms. The van der Waals surface area contributed by atoms with E-state index in [9.17, 15) is 4.79 Å². The Kier molecular flexibility index (Phi) is 3.76. The van der Waals surface area contributed by atoms with Crippen molar-refractivity contribution in [3.63, 3.8) is 0 Å². The highest BCUT2D eigenvalue weighted by Crippen LogP contribution is 2.22. The number of carbonyl (C=O) groups excluding carboxylic acids is 1. The molecule has 2 aliphatic heterocycles. The minimum absolute atomic E-state index is 0.350. The fourth-order valence-corrected chi connectivity index (χ4v) is 2.84. The number of likely N-dealkylation sites (tertiary alicyclic amines) is 1. The summed E-state index contributed by atoms with van der Waals surface area (Å²) in [5, 5.41) is 3.40. The fourth-order valence-electron chi connectivity index (χ4n) is 2.84. The maximum Gasteiger partial charge on any atom is 0.133 e. The van der Waals surface area contributed by atoms with E-state index in [1.165, 1.54) is 12.8 Å². The second-order valence-corrected chi connectivity index (χ2v) is 4.90. The summed E-state index contributed by atoms with van der Waals surface area (Å²) in [6, 6.07) is 0.777. The molecule has 2 saturated heterocycles. The molecule has 2 rings (SSSR count). The number of hydrogen-bond donors (Lipinski definition) is 1. The Bertz CT molecular complexity index is 216. The van der Waals surface area contributed by atoms with Gasteiger partial charge in [-0.2, -0.15) is 0 Å². The number of nitrogens with one attached hydrogen (secondary N) is 1. The second kappa shape index (κ2) is 5.08. The van der Waals surface area contributed by atoms with Crippen LogP contribution in [-0.2, 0) is 4.79 Å². The van der Waals surface area contributed by atoms with Crippen molar-refractivity contribution in [3.8, 4) is 0 Å². The number of ketones is 1. The molecule has 86 valence electrons. The standard InChI is InChI=1S/C12H22N2O/c1-10(15)11-4-8-14(9-5-11)12-2-6-13-7-3-12/h11-13H,2-9H2,1H3. The van der Waals surface area contributed by atoms with Crippen molar-refractivity contribution in [2.75, 3.05) is 26.2 Å². The average molecular weight is 210 g/mol. The summed E-state index contributed by atoms with van der Waals surface area (Å²) in [4.78, 5) is 13.9. The van der Waals surface area contributed by atoms with Crippen molar-refractivity contribution in [2.45, 2.75) is 38.6 Å². The molecule has 1 N–H and O–H groups in total. The maximum atomic E-state index is 11.3. The quantitative estimate of drug-likeness (QED) is 0.739. The van der Waals surface area contributed by atoms with Gasteiger partial charge in [0.2, 0.25) is 0 Å². The first-order chi connectivity index (χ1) is 7.27. The topological polar surface area (TPSA) is 32.3 Å². The Balaban J connectivity index is 1.79. The molecular formula is C12H22N2O. The molecule has 2 heterocycles. The van der Waals surface area contributed by atoms with Crippen LogP contribution in [0.15, 0.2) is 0 Å². The zero-order valence-corrected chi connectivity index (χ0v) is 9.67. The van der Waals surface area contributed by atoms with E-state index >= 15 is 0 Å². The Morgan fingerprint density at radius 1 is 1.13 bits per heavy atom. The second-order valence-electron chi connectivity index (χ2n) is 4.90. The van der Waals surface area contributed by atoms with Gasteiger partial charge in [-0.25, -0.2) is 0 Å². The lowest BCUT2D eigenvalue weighted by molar-refractivity contribution is -0.122. The SMILES string of the molecule is CC(=O)C1CCN(C2CCNCC2)CC1. The Morgan fingerprint density at radius 2 is 1.73 bits per heavy atom. The van der Waals surface area contributed by atoms with Crippen LogP contribution in [0, 0.1) is 5.92 Å². The van der Waals surface area contributed by atoms with Crippen molar-refractivity contribution >= 4 is 5.78 Å². The summed E-state index contributed by atoms with van der Waals surface area (Å²) in [7, 11) is 0. The zero-order valence-electron chi connectivity index (χ0n) is 9.67. The van der Waals surface area contributed by atoms with Crippen LogP contribution >= 0.6 is 0 Å². The first-order valence-electron chi connectivity index (χ1n) is 6.22. The van der Waals surface area contributed by atoms with Crippen molar-refractivity contribution in [2.24, 2.45) is 5.92 Å². The van der Waals surface area contributed by atoms with Crippen molar-refractivity contribution in [1.82, 2.24) is 10.2 Å². The highest BCUT2D eigenvalue weighted by molar-refractivity contribution is 5.78. The lowest BCUT2D eigenvalue weighted by atomic mass is 9.91. The third-order valence-electron chi connectivity index (χ3n) is 3.93.